The van der Waals surface area contributed by atoms with Gasteiger partial charge in [0.1, 0.15) is 5.82 Å². The van der Waals surface area contributed by atoms with Crippen LogP contribution in [0.2, 0.25) is 0 Å². The number of H-pyrrole nitrogens is 1. The Hall–Kier alpha value is -3.33. The molecule has 0 atom stereocenters. The van der Waals surface area contributed by atoms with Crippen molar-refractivity contribution < 1.29 is 0 Å². The molecule has 0 aliphatic carbocycles. The van der Waals surface area contributed by atoms with Crippen LogP contribution in [0.5, 0.6) is 0 Å². The van der Waals surface area contributed by atoms with Crippen molar-refractivity contribution in [3.63, 3.8) is 0 Å². The molecule has 0 bridgehead atoms. The Morgan fingerprint density at radius 1 is 1.07 bits per heavy atom. The molecular weight excluding hydrogens is 368 g/mol. The Kier molecular flexibility index (Phi) is 5.48. The number of rotatable bonds is 5. The van der Waals surface area contributed by atoms with E-state index in [1.54, 1.807) is 6.20 Å². The molecule has 0 saturated carbocycles. The lowest BCUT2D eigenvalue weighted by Crippen LogP contribution is -2.45. The normalized spacial score (nSPS) is 14.8. The van der Waals surface area contributed by atoms with Gasteiger partial charge in [0.25, 0.3) is 5.56 Å². The standard InChI is InChI=1S/C20H24N8O/c1-3-16-22-19(26-20(23-16)28-11-9-27(2)10-12-28)25-18-21-13-15(17(29)24-18)14-7-5-4-6-8-14/h4-8,13H,3,9-12H2,1-2H3,(H2,21,22,23,24,25,26,29). The third-order valence-corrected chi connectivity index (χ3v) is 4.89. The summed E-state index contributed by atoms with van der Waals surface area (Å²) in [5, 5.41) is 3.02. The van der Waals surface area contributed by atoms with E-state index in [4.69, 9.17) is 0 Å². The molecule has 2 aromatic heterocycles. The molecular formula is C20H24N8O. The number of likely N-dealkylation sites (N-methyl/N-ethyl adjacent to an activating group) is 1. The van der Waals surface area contributed by atoms with E-state index in [0.29, 0.717) is 35.7 Å². The van der Waals surface area contributed by atoms with Gasteiger partial charge in [-0.15, -0.1) is 0 Å². The first-order valence-electron chi connectivity index (χ1n) is 9.72. The van der Waals surface area contributed by atoms with Crippen LogP contribution in [0.15, 0.2) is 41.3 Å². The van der Waals surface area contributed by atoms with E-state index in [0.717, 1.165) is 31.7 Å². The summed E-state index contributed by atoms with van der Waals surface area (Å²) in [6.45, 7) is 5.66. The molecule has 4 rings (SSSR count). The molecule has 3 heterocycles. The van der Waals surface area contributed by atoms with Crippen molar-refractivity contribution >= 4 is 17.8 Å². The van der Waals surface area contributed by atoms with Crippen LogP contribution in [0, 0.1) is 0 Å². The first-order chi connectivity index (χ1) is 14.1. The largest absolute Gasteiger partial charge is 0.338 e. The smallest absolute Gasteiger partial charge is 0.260 e. The molecule has 9 heteroatoms. The molecule has 0 unspecified atom stereocenters. The fourth-order valence-corrected chi connectivity index (χ4v) is 3.16. The van der Waals surface area contributed by atoms with Gasteiger partial charge in [-0.05, 0) is 12.6 Å². The average Bonchev–Trinajstić information content (AvgIpc) is 2.75. The molecule has 0 spiro atoms. The molecule has 150 valence electrons. The number of aromatic nitrogens is 5. The second kappa shape index (κ2) is 8.36. The molecule has 1 saturated heterocycles. The molecule has 2 N–H and O–H groups in total. The van der Waals surface area contributed by atoms with E-state index < -0.39 is 0 Å². The van der Waals surface area contributed by atoms with Crippen LogP contribution in [-0.2, 0) is 6.42 Å². The minimum atomic E-state index is -0.224. The van der Waals surface area contributed by atoms with Crippen molar-refractivity contribution in [2.24, 2.45) is 0 Å². The lowest BCUT2D eigenvalue weighted by Gasteiger charge is -2.32. The minimum absolute atomic E-state index is 0.224. The molecule has 1 aliphatic heterocycles. The zero-order chi connectivity index (χ0) is 20.2. The van der Waals surface area contributed by atoms with Crippen LogP contribution in [0.3, 0.4) is 0 Å². The van der Waals surface area contributed by atoms with Crippen LogP contribution >= 0.6 is 0 Å². The molecule has 1 aromatic carbocycles. The monoisotopic (exact) mass is 392 g/mol. The first-order valence-corrected chi connectivity index (χ1v) is 9.72. The summed E-state index contributed by atoms with van der Waals surface area (Å²) in [6.07, 6.45) is 2.24. The molecule has 1 fully saturated rings. The maximum Gasteiger partial charge on any atom is 0.260 e. The number of nitrogens with one attached hydrogen (secondary N) is 2. The number of anilines is 3. The topological polar surface area (TPSA) is 103 Å². The molecule has 9 nitrogen and oxygen atoms in total. The van der Waals surface area contributed by atoms with Crippen LogP contribution in [-0.4, -0.2) is 63.0 Å². The maximum atomic E-state index is 12.5. The zero-order valence-electron chi connectivity index (χ0n) is 16.6. The van der Waals surface area contributed by atoms with Gasteiger partial charge in [0.15, 0.2) is 0 Å². The maximum absolute atomic E-state index is 12.5. The van der Waals surface area contributed by atoms with Crippen molar-refractivity contribution in [2.45, 2.75) is 13.3 Å². The zero-order valence-corrected chi connectivity index (χ0v) is 16.6. The summed E-state index contributed by atoms with van der Waals surface area (Å²) in [5.74, 6) is 2.02. The quantitative estimate of drug-likeness (QED) is 0.676. The highest BCUT2D eigenvalue weighted by molar-refractivity contribution is 5.62. The molecule has 1 aliphatic rings. The van der Waals surface area contributed by atoms with Gasteiger partial charge in [-0.3, -0.25) is 15.1 Å². The van der Waals surface area contributed by atoms with E-state index in [1.165, 1.54) is 0 Å². The van der Waals surface area contributed by atoms with E-state index in [1.807, 2.05) is 37.3 Å². The van der Waals surface area contributed by atoms with Gasteiger partial charge in [0.2, 0.25) is 17.8 Å². The number of aromatic amines is 1. The van der Waals surface area contributed by atoms with Crippen molar-refractivity contribution in [3.05, 3.63) is 52.7 Å². The second-order valence-corrected chi connectivity index (χ2v) is 6.98. The van der Waals surface area contributed by atoms with E-state index >= 15 is 0 Å². The van der Waals surface area contributed by atoms with Gasteiger partial charge in [-0.1, -0.05) is 37.3 Å². The summed E-state index contributed by atoms with van der Waals surface area (Å²) in [5.41, 5.74) is 1.11. The van der Waals surface area contributed by atoms with E-state index in [-0.39, 0.29) is 5.56 Å². The molecule has 29 heavy (non-hydrogen) atoms. The minimum Gasteiger partial charge on any atom is -0.338 e. The average molecular weight is 392 g/mol. The van der Waals surface area contributed by atoms with Crippen molar-refractivity contribution in [1.82, 2.24) is 29.8 Å². The fourth-order valence-electron chi connectivity index (χ4n) is 3.16. The number of benzene rings is 1. The van der Waals surface area contributed by atoms with Gasteiger partial charge in [-0.2, -0.15) is 15.0 Å². The highest BCUT2D eigenvalue weighted by atomic mass is 16.1. The molecule has 3 aromatic rings. The van der Waals surface area contributed by atoms with Crippen LogP contribution in [0.4, 0.5) is 17.8 Å². The molecule has 0 radical (unpaired) electrons. The predicted octanol–water partition coefficient (Wildman–Crippen LogP) is 1.68. The number of nitrogens with zero attached hydrogens (tertiary/aromatic N) is 6. The third kappa shape index (κ3) is 4.40. The summed E-state index contributed by atoms with van der Waals surface area (Å²) >= 11 is 0. The van der Waals surface area contributed by atoms with E-state index in [9.17, 15) is 4.79 Å². The van der Waals surface area contributed by atoms with Crippen molar-refractivity contribution in [1.29, 1.82) is 0 Å². The highest BCUT2D eigenvalue weighted by Gasteiger charge is 2.18. The third-order valence-electron chi connectivity index (χ3n) is 4.89. The Labute approximate surface area is 168 Å². The van der Waals surface area contributed by atoms with Crippen molar-refractivity contribution in [2.75, 3.05) is 43.4 Å². The highest BCUT2D eigenvalue weighted by Crippen LogP contribution is 2.17. The number of hydrogen-bond donors (Lipinski definition) is 2. The van der Waals surface area contributed by atoms with E-state index in [2.05, 4.69) is 47.1 Å². The summed E-state index contributed by atoms with van der Waals surface area (Å²) in [7, 11) is 2.11. The molecule has 0 amide bonds. The number of aryl methyl sites for hydroxylation is 1. The van der Waals surface area contributed by atoms with Gasteiger partial charge in [-0.25, -0.2) is 4.98 Å². The fraction of sp³-hybridized carbons (Fsp3) is 0.350. The lowest BCUT2D eigenvalue weighted by atomic mass is 10.1. The van der Waals surface area contributed by atoms with Gasteiger partial charge in [0, 0.05) is 38.8 Å². The predicted molar refractivity (Wildman–Crippen MR) is 112 cm³/mol. The number of hydrogen-bond acceptors (Lipinski definition) is 8. The Morgan fingerprint density at radius 2 is 1.83 bits per heavy atom. The second-order valence-electron chi connectivity index (χ2n) is 6.98. The lowest BCUT2D eigenvalue weighted by molar-refractivity contribution is 0.311. The summed E-state index contributed by atoms with van der Waals surface area (Å²) in [6, 6.07) is 9.43. The summed E-state index contributed by atoms with van der Waals surface area (Å²) in [4.78, 5) is 37.6. The summed E-state index contributed by atoms with van der Waals surface area (Å²) < 4.78 is 0. The Balaban J connectivity index is 1.58. The van der Waals surface area contributed by atoms with Gasteiger partial charge in [0.05, 0.1) is 5.56 Å². The number of piperazine rings is 1. The Bertz CT molecular complexity index is 1030. The van der Waals surface area contributed by atoms with Gasteiger partial charge < -0.3 is 9.80 Å². The van der Waals surface area contributed by atoms with Crippen LogP contribution in [0.25, 0.3) is 11.1 Å². The van der Waals surface area contributed by atoms with Crippen molar-refractivity contribution in [3.8, 4) is 11.1 Å². The van der Waals surface area contributed by atoms with Crippen LogP contribution < -0.4 is 15.8 Å². The van der Waals surface area contributed by atoms with Crippen LogP contribution in [0.1, 0.15) is 12.7 Å². The Morgan fingerprint density at radius 3 is 2.52 bits per heavy atom. The first kappa shape index (κ1) is 19.0. The van der Waals surface area contributed by atoms with Gasteiger partial charge >= 0.3 is 0 Å². The SMILES string of the molecule is CCc1nc(Nc2ncc(-c3ccccc3)c(=O)[nH]2)nc(N2CCN(C)CC2)n1.